The van der Waals surface area contributed by atoms with Crippen molar-refractivity contribution in [2.24, 2.45) is 0 Å². The Morgan fingerprint density at radius 1 is 0.600 bits per heavy atom. The number of carboxylic acid groups (broad SMARTS) is 2. The fourth-order valence-electron chi connectivity index (χ4n) is 2.76. The normalized spacial score (nSPS) is 9.67. The number of carbonyl (C=O) groups is 2. The number of benzene rings is 3. The summed E-state index contributed by atoms with van der Waals surface area (Å²) in [5.41, 5.74) is 5.68. The van der Waals surface area contributed by atoms with Crippen molar-refractivity contribution in [3.05, 3.63) is 105 Å². The van der Waals surface area contributed by atoms with Gasteiger partial charge in [-0.3, -0.25) is 0 Å². The molecule has 0 aliphatic carbocycles. The number of hydrogen-bond acceptors (Lipinski definition) is 2. The molecule has 0 bridgehead atoms. The summed E-state index contributed by atoms with van der Waals surface area (Å²) in [6, 6.07) is 16.8. The van der Waals surface area contributed by atoms with Crippen LogP contribution in [0.1, 0.15) is 54.1 Å². The lowest BCUT2D eigenvalue weighted by Crippen LogP contribution is -1.95. The van der Waals surface area contributed by atoms with Crippen LogP contribution in [0.4, 0.5) is 0 Å². The second-order valence-electron chi connectivity index (χ2n) is 6.75. The molecule has 0 fully saturated rings. The lowest BCUT2D eigenvalue weighted by Gasteiger charge is -2.04. The molecule has 0 unspecified atom stereocenters. The lowest BCUT2D eigenvalue weighted by atomic mass is 9.99. The zero-order valence-corrected chi connectivity index (χ0v) is 16.5. The predicted molar refractivity (Wildman–Crippen MR) is 115 cm³/mol. The first-order valence-electron chi connectivity index (χ1n) is 9.15. The Kier molecular flexibility index (Phi) is 6.01. The van der Waals surface area contributed by atoms with Gasteiger partial charge in [-0.2, -0.15) is 0 Å². The van der Waals surface area contributed by atoms with Crippen LogP contribution in [0.2, 0.25) is 0 Å². The molecule has 2 N–H and O–H groups in total. The van der Waals surface area contributed by atoms with Gasteiger partial charge in [0.25, 0.3) is 0 Å². The van der Waals surface area contributed by atoms with Crippen LogP contribution in [0.25, 0.3) is 0 Å². The Balaban J connectivity index is 1.83. The molecule has 0 aliphatic rings. The largest absolute Gasteiger partial charge is 0.478 e. The second-order valence-corrected chi connectivity index (χ2v) is 6.75. The van der Waals surface area contributed by atoms with Crippen molar-refractivity contribution >= 4 is 11.9 Å². The second kappa shape index (κ2) is 8.82. The third-order valence-corrected chi connectivity index (χ3v) is 4.52. The van der Waals surface area contributed by atoms with Crippen LogP contribution in [-0.2, 0) is 0 Å². The topological polar surface area (TPSA) is 74.6 Å². The molecule has 0 aliphatic heterocycles. The lowest BCUT2D eigenvalue weighted by molar-refractivity contribution is 0.0686. The maximum atomic E-state index is 10.9. The Morgan fingerprint density at radius 3 is 1.23 bits per heavy atom. The summed E-state index contributed by atoms with van der Waals surface area (Å²) in [6.07, 6.45) is 0. The number of rotatable bonds is 2. The van der Waals surface area contributed by atoms with Gasteiger partial charge in [0.15, 0.2) is 0 Å². The van der Waals surface area contributed by atoms with Crippen molar-refractivity contribution in [3.63, 3.8) is 0 Å². The van der Waals surface area contributed by atoms with Crippen molar-refractivity contribution in [3.8, 4) is 23.7 Å². The molecule has 4 heteroatoms. The van der Waals surface area contributed by atoms with Crippen LogP contribution >= 0.6 is 0 Å². The average Bonchev–Trinajstić information content (AvgIpc) is 2.73. The predicted octanol–water partition coefficient (Wildman–Crippen LogP) is 4.50. The van der Waals surface area contributed by atoms with Crippen molar-refractivity contribution in [2.75, 3.05) is 0 Å². The molecule has 3 aromatic carbocycles. The van der Waals surface area contributed by atoms with Gasteiger partial charge in [0.05, 0.1) is 11.1 Å². The molecule has 3 aromatic rings. The molecule has 0 aromatic heterocycles. The maximum absolute atomic E-state index is 10.9. The van der Waals surface area contributed by atoms with E-state index in [-0.39, 0.29) is 11.1 Å². The number of aryl methyl sites for hydroxylation is 2. The molecule has 4 nitrogen and oxygen atoms in total. The van der Waals surface area contributed by atoms with E-state index in [1.165, 1.54) is 24.3 Å². The minimum atomic E-state index is -0.962. The Hall–Kier alpha value is -4.28. The Morgan fingerprint density at radius 2 is 0.933 bits per heavy atom. The summed E-state index contributed by atoms with van der Waals surface area (Å²) in [4.78, 5) is 21.8. The SMILES string of the molecule is Cc1cc(C#Cc2ccc(C(=O)O)cc2)c(C)cc1C#Cc1ccc(C(=O)O)cc1. The number of carboxylic acids is 2. The molecule has 0 radical (unpaired) electrons. The van der Waals surface area contributed by atoms with Crippen molar-refractivity contribution in [1.29, 1.82) is 0 Å². The highest BCUT2D eigenvalue weighted by Gasteiger charge is 2.03. The zero-order chi connectivity index (χ0) is 21.7. The number of aromatic carboxylic acids is 2. The first-order valence-corrected chi connectivity index (χ1v) is 9.15. The Labute approximate surface area is 174 Å². The minimum Gasteiger partial charge on any atom is -0.478 e. The molecule has 0 atom stereocenters. The van der Waals surface area contributed by atoms with E-state index in [9.17, 15) is 9.59 Å². The van der Waals surface area contributed by atoms with Gasteiger partial charge in [0, 0.05) is 22.3 Å². The van der Waals surface area contributed by atoms with E-state index in [1.54, 1.807) is 24.3 Å². The van der Waals surface area contributed by atoms with Gasteiger partial charge >= 0.3 is 11.9 Å². The average molecular weight is 394 g/mol. The highest BCUT2D eigenvalue weighted by molar-refractivity contribution is 5.88. The van der Waals surface area contributed by atoms with Gasteiger partial charge in [-0.25, -0.2) is 9.59 Å². The van der Waals surface area contributed by atoms with Gasteiger partial charge in [-0.15, -0.1) is 0 Å². The maximum Gasteiger partial charge on any atom is 0.335 e. The summed E-state index contributed by atoms with van der Waals surface area (Å²) in [7, 11) is 0. The van der Waals surface area contributed by atoms with E-state index in [0.717, 1.165) is 33.4 Å². The first-order chi connectivity index (χ1) is 14.3. The summed E-state index contributed by atoms with van der Waals surface area (Å²) < 4.78 is 0. The van der Waals surface area contributed by atoms with E-state index < -0.39 is 11.9 Å². The fourth-order valence-corrected chi connectivity index (χ4v) is 2.76. The summed E-state index contributed by atoms with van der Waals surface area (Å²) in [5.74, 6) is 10.5. The Bertz CT molecular complexity index is 1140. The molecule has 30 heavy (non-hydrogen) atoms. The molecular weight excluding hydrogens is 376 g/mol. The van der Waals surface area contributed by atoms with E-state index in [0.29, 0.717) is 0 Å². The number of hydrogen-bond donors (Lipinski definition) is 2. The highest BCUT2D eigenvalue weighted by Crippen LogP contribution is 2.15. The van der Waals surface area contributed by atoms with Crippen LogP contribution in [0, 0.1) is 37.5 Å². The molecular formula is C26H18O4. The van der Waals surface area contributed by atoms with E-state index in [1.807, 2.05) is 26.0 Å². The molecule has 0 amide bonds. The highest BCUT2D eigenvalue weighted by atomic mass is 16.4. The first kappa shape index (κ1) is 20.5. The molecule has 0 saturated carbocycles. The van der Waals surface area contributed by atoms with Crippen LogP contribution in [0.15, 0.2) is 60.7 Å². The molecule has 3 rings (SSSR count). The third-order valence-electron chi connectivity index (χ3n) is 4.52. The van der Waals surface area contributed by atoms with E-state index in [4.69, 9.17) is 10.2 Å². The van der Waals surface area contributed by atoms with Gasteiger partial charge < -0.3 is 10.2 Å². The van der Waals surface area contributed by atoms with Crippen molar-refractivity contribution in [1.82, 2.24) is 0 Å². The van der Waals surface area contributed by atoms with Crippen LogP contribution < -0.4 is 0 Å². The monoisotopic (exact) mass is 394 g/mol. The zero-order valence-electron chi connectivity index (χ0n) is 16.5. The van der Waals surface area contributed by atoms with Gasteiger partial charge in [-0.1, -0.05) is 23.7 Å². The van der Waals surface area contributed by atoms with Crippen LogP contribution in [-0.4, -0.2) is 22.2 Å². The molecule has 0 saturated heterocycles. The quantitative estimate of drug-likeness (QED) is 0.628. The van der Waals surface area contributed by atoms with Crippen molar-refractivity contribution < 1.29 is 19.8 Å². The standard InChI is InChI=1S/C26H18O4/c1-17-15-24(14-8-20-5-11-22(12-6-20)26(29)30)18(2)16-23(17)13-7-19-3-9-21(10-4-19)25(27)28/h3-6,9-12,15-16H,1-2H3,(H,27,28)(H,29,30). The summed E-state index contributed by atoms with van der Waals surface area (Å²) >= 11 is 0. The van der Waals surface area contributed by atoms with E-state index >= 15 is 0 Å². The van der Waals surface area contributed by atoms with Gasteiger partial charge in [-0.05, 0) is 85.6 Å². The molecule has 146 valence electrons. The fraction of sp³-hybridized carbons (Fsp3) is 0.0769. The van der Waals surface area contributed by atoms with Crippen LogP contribution in [0.3, 0.4) is 0 Å². The minimum absolute atomic E-state index is 0.230. The van der Waals surface area contributed by atoms with Crippen LogP contribution in [0.5, 0.6) is 0 Å². The van der Waals surface area contributed by atoms with Crippen molar-refractivity contribution in [2.45, 2.75) is 13.8 Å². The summed E-state index contributed by atoms with van der Waals surface area (Å²) in [5, 5.41) is 17.9. The summed E-state index contributed by atoms with van der Waals surface area (Å²) in [6.45, 7) is 3.92. The molecule has 0 heterocycles. The van der Waals surface area contributed by atoms with E-state index in [2.05, 4.69) is 23.7 Å². The molecule has 0 spiro atoms. The van der Waals surface area contributed by atoms with Gasteiger partial charge in [0.1, 0.15) is 0 Å². The third kappa shape index (κ3) is 4.95. The smallest absolute Gasteiger partial charge is 0.335 e. The van der Waals surface area contributed by atoms with Gasteiger partial charge in [0.2, 0.25) is 0 Å².